The van der Waals surface area contributed by atoms with Crippen LogP contribution >= 0.6 is 0 Å². The van der Waals surface area contributed by atoms with Gasteiger partial charge < -0.3 is 10.1 Å². The molecule has 1 aromatic rings. The van der Waals surface area contributed by atoms with E-state index in [0.29, 0.717) is 6.04 Å². The van der Waals surface area contributed by atoms with E-state index in [1.54, 1.807) is 6.20 Å². The van der Waals surface area contributed by atoms with Crippen LogP contribution in [0, 0.1) is 0 Å². The molecule has 1 atom stereocenters. The van der Waals surface area contributed by atoms with Crippen LogP contribution in [0.15, 0.2) is 18.5 Å². The van der Waals surface area contributed by atoms with E-state index < -0.39 is 0 Å². The number of nitrogens with one attached hydrogen (secondary N) is 1. The number of pyridine rings is 1. The molecule has 1 N–H and O–H groups in total. The Hall–Kier alpha value is -1.09. The van der Waals surface area contributed by atoms with Gasteiger partial charge in [-0.1, -0.05) is 20.3 Å². The molecule has 0 saturated heterocycles. The lowest BCUT2D eigenvalue weighted by molar-refractivity contribution is 0.315. The van der Waals surface area contributed by atoms with Gasteiger partial charge in [-0.15, -0.1) is 0 Å². The van der Waals surface area contributed by atoms with Crippen molar-refractivity contribution in [2.45, 2.75) is 39.2 Å². The Morgan fingerprint density at radius 3 is 2.75 bits per heavy atom. The zero-order valence-corrected chi connectivity index (χ0v) is 10.5. The maximum atomic E-state index is 5.58. The third kappa shape index (κ3) is 3.81. The smallest absolute Gasteiger partial charge is 0.137 e. The topological polar surface area (TPSA) is 34.1 Å². The first-order chi connectivity index (χ1) is 7.81. The van der Waals surface area contributed by atoms with Crippen molar-refractivity contribution >= 4 is 0 Å². The average Bonchev–Trinajstić information content (AvgIpc) is 2.33. The molecule has 1 aromatic heterocycles. The first-order valence-electron chi connectivity index (χ1n) is 6.06. The van der Waals surface area contributed by atoms with Gasteiger partial charge in [0.05, 0.1) is 12.8 Å². The van der Waals surface area contributed by atoms with Crippen molar-refractivity contribution in [2.75, 3.05) is 13.7 Å². The third-order valence-corrected chi connectivity index (χ3v) is 2.54. The predicted molar refractivity (Wildman–Crippen MR) is 66.7 cm³/mol. The van der Waals surface area contributed by atoms with E-state index in [1.807, 2.05) is 13.2 Å². The summed E-state index contributed by atoms with van der Waals surface area (Å²) in [5.74, 6) is 0.871. The number of nitrogens with zero attached hydrogens (tertiary/aromatic N) is 1. The van der Waals surface area contributed by atoms with E-state index in [9.17, 15) is 0 Å². The molecule has 3 nitrogen and oxygen atoms in total. The Kier molecular flexibility index (Phi) is 5.86. The maximum Gasteiger partial charge on any atom is 0.137 e. The molecule has 0 aliphatic heterocycles. The van der Waals surface area contributed by atoms with Crippen molar-refractivity contribution in [1.29, 1.82) is 0 Å². The molecule has 0 radical (unpaired) electrons. The Bertz CT molecular complexity index is 302. The third-order valence-electron chi connectivity index (χ3n) is 2.54. The van der Waals surface area contributed by atoms with E-state index in [-0.39, 0.29) is 0 Å². The van der Waals surface area contributed by atoms with Crippen molar-refractivity contribution in [2.24, 2.45) is 0 Å². The van der Waals surface area contributed by atoms with Gasteiger partial charge in [-0.2, -0.15) is 0 Å². The van der Waals surface area contributed by atoms with Crippen LogP contribution < -0.4 is 10.1 Å². The molecule has 0 amide bonds. The van der Waals surface area contributed by atoms with Crippen molar-refractivity contribution in [3.05, 3.63) is 24.0 Å². The largest absolute Gasteiger partial charge is 0.492 e. The lowest BCUT2D eigenvalue weighted by atomic mass is 10.0. The monoisotopic (exact) mass is 222 g/mol. The van der Waals surface area contributed by atoms with Crippen molar-refractivity contribution in [1.82, 2.24) is 10.3 Å². The number of ether oxygens (including phenoxy) is 1. The van der Waals surface area contributed by atoms with Gasteiger partial charge in [0.1, 0.15) is 5.75 Å². The van der Waals surface area contributed by atoms with E-state index in [0.717, 1.165) is 31.6 Å². The Balaban J connectivity index is 2.71. The summed E-state index contributed by atoms with van der Waals surface area (Å²) in [6.07, 6.45) is 6.99. The van der Waals surface area contributed by atoms with Crippen LogP contribution in [-0.4, -0.2) is 18.6 Å². The van der Waals surface area contributed by atoms with Crippen LogP contribution in [0.4, 0.5) is 0 Å². The molecule has 0 saturated carbocycles. The quantitative estimate of drug-likeness (QED) is 0.770. The van der Waals surface area contributed by atoms with Crippen LogP contribution in [0.3, 0.4) is 0 Å². The van der Waals surface area contributed by atoms with Crippen LogP contribution in [-0.2, 0) is 0 Å². The second-order valence-electron chi connectivity index (χ2n) is 3.93. The van der Waals surface area contributed by atoms with Gasteiger partial charge in [0, 0.05) is 12.2 Å². The number of hydrogen-bond donors (Lipinski definition) is 1. The summed E-state index contributed by atoms with van der Waals surface area (Å²) >= 11 is 0. The first-order valence-corrected chi connectivity index (χ1v) is 6.06. The summed E-state index contributed by atoms with van der Waals surface area (Å²) < 4.78 is 5.58. The highest BCUT2D eigenvalue weighted by atomic mass is 16.5. The van der Waals surface area contributed by atoms with Crippen molar-refractivity contribution in [3.8, 4) is 5.75 Å². The molecular formula is C13H22N2O. The number of aromatic nitrogens is 1. The number of rotatable bonds is 7. The Morgan fingerprint density at radius 2 is 2.12 bits per heavy atom. The molecular weight excluding hydrogens is 200 g/mol. The summed E-state index contributed by atoms with van der Waals surface area (Å²) in [6, 6.07) is 2.46. The molecule has 0 aromatic carbocycles. The zero-order valence-electron chi connectivity index (χ0n) is 10.5. The van der Waals surface area contributed by atoms with Gasteiger partial charge in [0.25, 0.3) is 0 Å². The summed E-state index contributed by atoms with van der Waals surface area (Å²) in [4.78, 5) is 4.22. The van der Waals surface area contributed by atoms with Crippen molar-refractivity contribution in [3.63, 3.8) is 0 Å². The second-order valence-corrected chi connectivity index (χ2v) is 3.93. The van der Waals surface area contributed by atoms with E-state index >= 15 is 0 Å². The fraction of sp³-hybridized carbons (Fsp3) is 0.615. The molecule has 1 heterocycles. The molecule has 16 heavy (non-hydrogen) atoms. The highest BCUT2D eigenvalue weighted by Crippen LogP contribution is 2.21. The summed E-state index contributed by atoms with van der Waals surface area (Å²) in [6.45, 7) is 5.04. The minimum atomic E-state index is 0.377. The molecule has 1 unspecified atom stereocenters. The maximum absolute atomic E-state index is 5.58. The standard InChI is InChI=1S/C13H22N2O/c1-4-6-13(14-3)11-8-12(10-15-9-11)16-7-5-2/h8-10,13-14H,4-7H2,1-3H3. The summed E-state index contributed by atoms with van der Waals surface area (Å²) in [5, 5.41) is 3.31. The molecule has 0 aliphatic carbocycles. The van der Waals surface area contributed by atoms with Crippen LogP contribution in [0.5, 0.6) is 5.75 Å². The van der Waals surface area contributed by atoms with E-state index in [4.69, 9.17) is 4.74 Å². The number of hydrogen-bond acceptors (Lipinski definition) is 3. The lowest BCUT2D eigenvalue weighted by Crippen LogP contribution is -2.16. The normalized spacial score (nSPS) is 12.4. The lowest BCUT2D eigenvalue weighted by Gasteiger charge is -2.16. The molecule has 1 rings (SSSR count). The van der Waals surface area contributed by atoms with E-state index in [1.165, 1.54) is 5.56 Å². The van der Waals surface area contributed by atoms with E-state index in [2.05, 4.69) is 30.2 Å². The minimum absolute atomic E-state index is 0.377. The van der Waals surface area contributed by atoms with Gasteiger partial charge in [0.2, 0.25) is 0 Å². The molecule has 0 bridgehead atoms. The van der Waals surface area contributed by atoms with Crippen LogP contribution in [0.25, 0.3) is 0 Å². The van der Waals surface area contributed by atoms with Gasteiger partial charge in [-0.25, -0.2) is 0 Å². The van der Waals surface area contributed by atoms with Crippen LogP contribution in [0.2, 0.25) is 0 Å². The van der Waals surface area contributed by atoms with Gasteiger partial charge in [0.15, 0.2) is 0 Å². The zero-order chi connectivity index (χ0) is 11.8. The fourth-order valence-corrected chi connectivity index (χ4v) is 1.69. The Morgan fingerprint density at radius 1 is 1.31 bits per heavy atom. The van der Waals surface area contributed by atoms with Gasteiger partial charge in [-0.05, 0) is 31.5 Å². The molecule has 3 heteroatoms. The van der Waals surface area contributed by atoms with Gasteiger partial charge >= 0.3 is 0 Å². The Labute approximate surface area is 98.2 Å². The summed E-state index contributed by atoms with van der Waals surface area (Å²) in [5.41, 5.74) is 1.21. The predicted octanol–water partition coefficient (Wildman–Crippen LogP) is 2.93. The highest BCUT2D eigenvalue weighted by molar-refractivity contribution is 5.25. The highest BCUT2D eigenvalue weighted by Gasteiger charge is 2.09. The minimum Gasteiger partial charge on any atom is -0.492 e. The average molecular weight is 222 g/mol. The SMILES string of the molecule is CCCOc1cncc(C(CCC)NC)c1. The molecule has 90 valence electrons. The molecule has 0 aliphatic rings. The summed E-state index contributed by atoms with van der Waals surface area (Å²) in [7, 11) is 1.99. The molecule has 0 fully saturated rings. The first kappa shape index (κ1) is 13.0. The van der Waals surface area contributed by atoms with Gasteiger partial charge in [-0.3, -0.25) is 4.98 Å². The van der Waals surface area contributed by atoms with Crippen molar-refractivity contribution < 1.29 is 4.74 Å². The van der Waals surface area contributed by atoms with Crippen LogP contribution in [0.1, 0.15) is 44.7 Å². The molecule has 0 spiro atoms. The fourth-order valence-electron chi connectivity index (χ4n) is 1.69. The second kappa shape index (κ2) is 7.23.